The number of carbonyl (C=O) groups is 2. The largest absolute Gasteiger partial charge is 0.497 e. The number of esters is 2. The van der Waals surface area contributed by atoms with Crippen LogP contribution in [0.2, 0.25) is 0 Å². The van der Waals surface area contributed by atoms with Crippen LogP contribution >= 0.6 is 0 Å². The van der Waals surface area contributed by atoms with Gasteiger partial charge in [0.2, 0.25) is 6.10 Å². The van der Waals surface area contributed by atoms with E-state index in [4.69, 9.17) is 14.2 Å². The number of rotatable bonds is 3. The lowest BCUT2D eigenvalue weighted by Crippen LogP contribution is -2.36. The molecule has 0 aromatic heterocycles. The molecule has 1 unspecified atom stereocenters. The third-order valence-corrected chi connectivity index (χ3v) is 3.43. The van der Waals surface area contributed by atoms with Crippen LogP contribution in [-0.4, -0.2) is 25.2 Å². The average molecular weight is 298 g/mol. The second kappa shape index (κ2) is 5.89. The summed E-state index contributed by atoms with van der Waals surface area (Å²) in [6.45, 7) is 0. The van der Waals surface area contributed by atoms with Crippen molar-refractivity contribution in [3.8, 4) is 11.5 Å². The molecule has 1 aliphatic heterocycles. The van der Waals surface area contributed by atoms with E-state index in [1.54, 1.807) is 43.5 Å². The van der Waals surface area contributed by atoms with Gasteiger partial charge in [-0.2, -0.15) is 0 Å². The van der Waals surface area contributed by atoms with E-state index in [9.17, 15) is 9.59 Å². The average Bonchev–Trinajstić information content (AvgIpc) is 2.55. The highest BCUT2D eigenvalue weighted by Gasteiger charge is 2.32. The zero-order valence-electron chi connectivity index (χ0n) is 11.9. The molecule has 0 saturated heterocycles. The summed E-state index contributed by atoms with van der Waals surface area (Å²) in [5, 5.41) is 0. The van der Waals surface area contributed by atoms with Gasteiger partial charge in [0.25, 0.3) is 0 Å². The van der Waals surface area contributed by atoms with Crippen molar-refractivity contribution in [2.45, 2.75) is 12.5 Å². The topological polar surface area (TPSA) is 61.8 Å². The molecular formula is C17H14O5. The fourth-order valence-electron chi connectivity index (χ4n) is 2.29. The smallest absolute Gasteiger partial charge is 0.353 e. The molecule has 2 aromatic carbocycles. The van der Waals surface area contributed by atoms with E-state index in [1.807, 2.05) is 12.1 Å². The van der Waals surface area contributed by atoms with Crippen LogP contribution in [-0.2, 0) is 16.0 Å². The second-order valence-electron chi connectivity index (χ2n) is 4.85. The number of benzene rings is 2. The van der Waals surface area contributed by atoms with E-state index in [0.717, 1.165) is 5.56 Å². The van der Waals surface area contributed by atoms with Crippen molar-refractivity contribution in [1.82, 2.24) is 0 Å². The Kier molecular flexibility index (Phi) is 3.78. The minimum atomic E-state index is -0.926. The van der Waals surface area contributed by atoms with Gasteiger partial charge in [-0.25, -0.2) is 9.59 Å². The Balaban J connectivity index is 1.72. The summed E-state index contributed by atoms with van der Waals surface area (Å²) >= 11 is 0. The number of cyclic esters (lactones) is 1. The first kappa shape index (κ1) is 14.1. The minimum absolute atomic E-state index is 0.316. The zero-order chi connectivity index (χ0) is 15.5. The third-order valence-electron chi connectivity index (χ3n) is 3.43. The number of carbonyl (C=O) groups excluding carboxylic acids is 2. The zero-order valence-corrected chi connectivity index (χ0v) is 11.9. The van der Waals surface area contributed by atoms with Crippen LogP contribution in [0.5, 0.6) is 11.5 Å². The predicted octanol–water partition coefficient (Wildman–Crippen LogP) is 2.38. The van der Waals surface area contributed by atoms with Gasteiger partial charge in [-0.15, -0.1) is 0 Å². The molecule has 5 heteroatoms. The molecule has 0 fully saturated rings. The molecular weight excluding hydrogens is 284 g/mol. The molecule has 112 valence electrons. The van der Waals surface area contributed by atoms with Crippen LogP contribution in [0.15, 0.2) is 48.5 Å². The van der Waals surface area contributed by atoms with E-state index in [-0.39, 0.29) is 0 Å². The SMILES string of the molecule is COc1ccc(OC(=O)C2Cc3ccccc3C(=O)O2)cc1. The molecule has 0 spiro atoms. The summed E-state index contributed by atoms with van der Waals surface area (Å²) in [4.78, 5) is 24.0. The molecule has 0 aliphatic carbocycles. The van der Waals surface area contributed by atoms with Crippen molar-refractivity contribution in [3.63, 3.8) is 0 Å². The standard InChI is InChI=1S/C17H14O5/c1-20-12-6-8-13(9-7-12)21-17(19)15-10-11-4-2-3-5-14(11)16(18)22-15/h2-9,15H,10H2,1H3. The highest BCUT2D eigenvalue weighted by atomic mass is 16.6. The van der Waals surface area contributed by atoms with Crippen LogP contribution in [0.3, 0.4) is 0 Å². The maximum atomic E-state index is 12.1. The summed E-state index contributed by atoms with van der Waals surface area (Å²) in [6, 6.07) is 13.7. The minimum Gasteiger partial charge on any atom is -0.497 e. The van der Waals surface area contributed by atoms with Gasteiger partial charge < -0.3 is 14.2 Å². The van der Waals surface area contributed by atoms with Gasteiger partial charge in [0.15, 0.2) is 0 Å². The molecule has 0 bridgehead atoms. The first-order valence-electron chi connectivity index (χ1n) is 6.82. The van der Waals surface area contributed by atoms with E-state index >= 15 is 0 Å². The molecule has 0 amide bonds. The lowest BCUT2D eigenvalue weighted by Gasteiger charge is -2.23. The Hall–Kier alpha value is -2.82. The lowest BCUT2D eigenvalue weighted by molar-refractivity contribution is -0.144. The quantitative estimate of drug-likeness (QED) is 0.643. The molecule has 2 aromatic rings. The second-order valence-corrected chi connectivity index (χ2v) is 4.85. The highest BCUT2D eigenvalue weighted by Crippen LogP contribution is 2.23. The Morgan fingerprint density at radius 1 is 1.09 bits per heavy atom. The van der Waals surface area contributed by atoms with Crippen molar-refractivity contribution in [1.29, 1.82) is 0 Å². The van der Waals surface area contributed by atoms with Crippen molar-refractivity contribution in [3.05, 3.63) is 59.7 Å². The molecule has 1 aliphatic rings. The first-order chi connectivity index (χ1) is 10.7. The van der Waals surface area contributed by atoms with Crippen molar-refractivity contribution >= 4 is 11.9 Å². The highest BCUT2D eigenvalue weighted by molar-refractivity contribution is 5.95. The van der Waals surface area contributed by atoms with Gasteiger partial charge in [0.05, 0.1) is 12.7 Å². The Morgan fingerprint density at radius 2 is 1.77 bits per heavy atom. The fraction of sp³-hybridized carbons (Fsp3) is 0.176. The predicted molar refractivity (Wildman–Crippen MR) is 78.0 cm³/mol. The van der Waals surface area contributed by atoms with Crippen molar-refractivity contribution in [2.75, 3.05) is 7.11 Å². The number of hydrogen-bond acceptors (Lipinski definition) is 5. The summed E-state index contributed by atoms with van der Waals surface area (Å²) in [5.74, 6) is -0.0509. The first-order valence-corrected chi connectivity index (χ1v) is 6.82. The molecule has 3 rings (SSSR count). The number of fused-ring (bicyclic) bond motifs is 1. The Morgan fingerprint density at radius 3 is 2.50 bits per heavy atom. The van der Waals surface area contributed by atoms with Crippen molar-refractivity contribution < 1.29 is 23.8 Å². The van der Waals surface area contributed by atoms with Gasteiger partial charge in [0, 0.05) is 6.42 Å². The van der Waals surface area contributed by atoms with Crippen molar-refractivity contribution in [2.24, 2.45) is 0 Å². The lowest BCUT2D eigenvalue weighted by atomic mass is 9.99. The van der Waals surface area contributed by atoms with Crippen LogP contribution in [0.4, 0.5) is 0 Å². The van der Waals surface area contributed by atoms with Gasteiger partial charge in [0.1, 0.15) is 11.5 Å². The monoisotopic (exact) mass is 298 g/mol. The normalized spacial score (nSPS) is 16.4. The molecule has 1 atom stereocenters. The molecule has 1 heterocycles. The molecule has 0 saturated carbocycles. The van der Waals surface area contributed by atoms with Crippen LogP contribution in [0.1, 0.15) is 15.9 Å². The van der Waals surface area contributed by atoms with Crippen LogP contribution < -0.4 is 9.47 Å². The fourth-order valence-corrected chi connectivity index (χ4v) is 2.29. The van der Waals surface area contributed by atoms with E-state index in [2.05, 4.69) is 0 Å². The Labute approximate surface area is 127 Å². The third kappa shape index (κ3) is 2.79. The number of hydrogen-bond donors (Lipinski definition) is 0. The number of ether oxygens (including phenoxy) is 3. The van der Waals surface area contributed by atoms with Crippen LogP contribution in [0, 0.1) is 0 Å². The maximum absolute atomic E-state index is 12.1. The molecule has 5 nitrogen and oxygen atoms in total. The van der Waals surface area contributed by atoms with Gasteiger partial charge in [-0.1, -0.05) is 18.2 Å². The van der Waals surface area contributed by atoms with Gasteiger partial charge >= 0.3 is 11.9 Å². The molecule has 22 heavy (non-hydrogen) atoms. The van der Waals surface area contributed by atoms with Crippen LogP contribution in [0.25, 0.3) is 0 Å². The molecule has 0 radical (unpaired) electrons. The van der Waals surface area contributed by atoms with Gasteiger partial charge in [-0.3, -0.25) is 0 Å². The van der Waals surface area contributed by atoms with E-state index in [0.29, 0.717) is 23.5 Å². The van der Waals surface area contributed by atoms with E-state index < -0.39 is 18.0 Å². The van der Waals surface area contributed by atoms with Gasteiger partial charge in [-0.05, 0) is 35.9 Å². The summed E-state index contributed by atoms with van der Waals surface area (Å²) in [6.07, 6.45) is -0.610. The summed E-state index contributed by atoms with van der Waals surface area (Å²) in [5.41, 5.74) is 1.28. The number of methoxy groups -OCH3 is 1. The van der Waals surface area contributed by atoms with E-state index in [1.165, 1.54) is 0 Å². The summed E-state index contributed by atoms with van der Waals surface area (Å²) < 4.78 is 15.4. The maximum Gasteiger partial charge on any atom is 0.353 e. The molecule has 0 N–H and O–H groups in total. The summed E-state index contributed by atoms with van der Waals surface area (Å²) in [7, 11) is 1.56. The Bertz CT molecular complexity index is 705.